The highest BCUT2D eigenvalue weighted by Gasteiger charge is 2.16. The zero-order chi connectivity index (χ0) is 18.3. The summed E-state index contributed by atoms with van der Waals surface area (Å²) >= 11 is 13.5. The van der Waals surface area contributed by atoms with E-state index < -0.39 is 10.8 Å². The summed E-state index contributed by atoms with van der Waals surface area (Å²) < 4.78 is 2.59. The number of nitro benzene ring substituents is 1. The summed E-state index contributed by atoms with van der Waals surface area (Å²) in [5, 5.41) is 11.6. The van der Waals surface area contributed by atoms with E-state index in [9.17, 15) is 14.9 Å². The highest BCUT2D eigenvalue weighted by Crippen LogP contribution is 2.28. The molecule has 1 heterocycles. The number of halogens is 2. The van der Waals surface area contributed by atoms with Crippen LogP contribution in [0, 0.1) is 17.0 Å². The number of carbonyl (C=O) groups excluding carboxylic acids is 1. The number of hydrogen-bond acceptors (Lipinski definition) is 4. The minimum Gasteiger partial charge on any atom is -0.319 e. The molecule has 0 N–H and O–H groups in total. The van der Waals surface area contributed by atoms with Crippen molar-refractivity contribution in [3.05, 3.63) is 66.4 Å². The number of nitrogens with zero attached hydrogens (tertiary/aromatic N) is 3. The van der Waals surface area contributed by atoms with Crippen LogP contribution in [0.15, 0.2) is 35.3 Å². The summed E-state index contributed by atoms with van der Waals surface area (Å²) in [5.74, 6) is -0.648. The Morgan fingerprint density at radius 1 is 1.24 bits per heavy atom. The number of carbonyl (C=O) groups is 1. The zero-order valence-electron chi connectivity index (χ0n) is 13.1. The Labute approximate surface area is 156 Å². The topological polar surface area (TPSA) is 77.5 Å². The third-order valence-electron chi connectivity index (χ3n) is 3.69. The van der Waals surface area contributed by atoms with Crippen LogP contribution >= 0.6 is 34.5 Å². The number of benzene rings is 2. The lowest BCUT2D eigenvalue weighted by atomic mass is 10.2. The van der Waals surface area contributed by atoms with Gasteiger partial charge in [-0.1, -0.05) is 40.6 Å². The van der Waals surface area contributed by atoms with Crippen molar-refractivity contribution in [3.63, 3.8) is 0 Å². The molecule has 25 heavy (non-hydrogen) atoms. The van der Waals surface area contributed by atoms with Crippen LogP contribution < -0.4 is 4.80 Å². The van der Waals surface area contributed by atoms with Gasteiger partial charge in [-0.15, -0.1) is 0 Å². The standard InChI is InChI=1S/C16H11Cl2N3O3S/c1-8-3-5-12(18)14-13(8)20(2)16(25-14)19-15(22)10-7-9(21(23)24)4-6-11(10)17/h3-7H,1-2H3. The van der Waals surface area contributed by atoms with Gasteiger partial charge >= 0.3 is 0 Å². The second-order valence-corrected chi connectivity index (χ2v) is 7.12. The molecule has 0 saturated heterocycles. The highest BCUT2D eigenvalue weighted by atomic mass is 35.5. The van der Waals surface area contributed by atoms with Gasteiger partial charge in [0.25, 0.3) is 11.6 Å². The van der Waals surface area contributed by atoms with Crippen LogP contribution in [0.1, 0.15) is 15.9 Å². The van der Waals surface area contributed by atoms with E-state index in [1.807, 2.05) is 13.0 Å². The van der Waals surface area contributed by atoms with Gasteiger partial charge in [-0.25, -0.2) is 0 Å². The molecule has 0 radical (unpaired) electrons. The lowest BCUT2D eigenvalue weighted by molar-refractivity contribution is -0.384. The van der Waals surface area contributed by atoms with Crippen LogP contribution in [0.25, 0.3) is 10.2 Å². The van der Waals surface area contributed by atoms with Gasteiger partial charge in [-0.2, -0.15) is 4.99 Å². The van der Waals surface area contributed by atoms with Crippen LogP contribution in [0.3, 0.4) is 0 Å². The van der Waals surface area contributed by atoms with Gasteiger partial charge in [-0.05, 0) is 24.6 Å². The van der Waals surface area contributed by atoms with Crippen molar-refractivity contribution < 1.29 is 9.72 Å². The van der Waals surface area contributed by atoms with Crippen molar-refractivity contribution in [1.29, 1.82) is 0 Å². The van der Waals surface area contributed by atoms with Crippen molar-refractivity contribution in [2.75, 3.05) is 0 Å². The summed E-state index contributed by atoms with van der Waals surface area (Å²) in [4.78, 5) is 27.3. The number of aryl methyl sites for hydroxylation is 2. The second kappa shape index (κ2) is 6.59. The molecular formula is C16H11Cl2N3O3S. The molecule has 3 aromatic rings. The molecule has 1 aromatic heterocycles. The summed E-state index contributed by atoms with van der Waals surface area (Å²) in [6.45, 7) is 1.94. The highest BCUT2D eigenvalue weighted by molar-refractivity contribution is 7.17. The molecule has 0 spiro atoms. The van der Waals surface area contributed by atoms with Crippen LogP contribution in [0.5, 0.6) is 0 Å². The molecule has 2 aromatic carbocycles. The molecule has 0 fully saturated rings. The van der Waals surface area contributed by atoms with E-state index in [0.717, 1.165) is 21.8 Å². The van der Waals surface area contributed by atoms with Gasteiger partial charge in [0.15, 0.2) is 4.80 Å². The summed E-state index contributed by atoms with van der Waals surface area (Å²) in [6.07, 6.45) is 0. The Hall–Kier alpha value is -2.22. The number of non-ortho nitro benzene ring substituents is 1. The molecule has 0 aliphatic carbocycles. The molecule has 0 aliphatic heterocycles. The zero-order valence-corrected chi connectivity index (χ0v) is 15.4. The Balaban J connectivity index is 2.18. The molecule has 0 atom stereocenters. The van der Waals surface area contributed by atoms with E-state index in [0.29, 0.717) is 9.82 Å². The van der Waals surface area contributed by atoms with E-state index >= 15 is 0 Å². The molecule has 0 aliphatic rings. The average Bonchev–Trinajstić information content (AvgIpc) is 2.89. The van der Waals surface area contributed by atoms with Crippen molar-refractivity contribution in [2.24, 2.45) is 12.0 Å². The minimum atomic E-state index is -0.648. The fourth-order valence-electron chi connectivity index (χ4n) is 2.45. The molecular weight excluding hydrogens is 385 g/mol. The third-order valence-corrected chi connectivity index (χ3v) is 5.61. The van der Waals surface area contributed by atoms with Gasteiger partial charge in [0.1, 0.15) is 0 Å². The normalized spacial score (nSPS) is 11.9. The largest absolute Gasteiger partial charge is 0.319 e. The number of nitro groups is 1. The predicted octanol–water partition coefficient (Wildman–Crippen LogP) is 4.50. The molecule has 6 nitrogen and oxygen atoms in total. The number of amides is 1. The van der Waals surface area contributed by atoms with Crippen molar-refractivity contribution in [1.82, 2.24) is 4.57 Å². The maximum atomic E-state index is 12.5. The van der Waals surface area contributed by atoms with Gasteiger partial charge in [0.2, 0.25) is 0 Å². The maximum Gasteiger partial charge on any atom is 0.281 e. The van der Waals surface area contributed by atoms with Gasteiger partial charge in [-0.3, -0.25) is 14.9 Å². The van der Waals surface area contributed by atoms with Gasteiger partial charge in [0.05, 0.1) is 30.7 Å². The van der Waals surface area contributed by atoms with E-state index in [2.05, 4.69) is 4.99 Å². The van der Waals surface area contributed by atoms with E-state index in [1.165, 1.54) is 23.5 Å². The van der Waals surface area contributed by atoms with Gasteiger partial charge < -0.3 is 4.57 Å². The molecule has 0 unspecified atom stereocenters. The lowest BCUT2D eigenvalue weighted by Crippen LogP contribution is -2.14. The van der Waals surface area contributed by atoms with E-state index in [1.54, 1.807) is 17.7 Å². The molecule has 3 rings (SSSR count). The van der Waals surface area contributed by atoms with E-state index in [4.69, 9.17) is 23.2 Å². The van der Waals surface area contributed by atoms with Crippen LogP contribution in [-0.4, -0.2) is 15.4 Å². The molecule has 0 bridgehead atoms. The Kier molecular flexibility index (Phi) is 4.64. The van der Waals surface area contributed by atoms with Crippen LogP contribution in [-0.2, 0) is 7.05 Å². The fraction of sp³-hybridized carbons (Fsp3) is 0.125. The first-order chi connectivity index (χ1) is 11.8. The monoisotopic (exact) mass is 395 g/mol. The fourth-order valence-corrected chi connectivity index (χ4v) is 4.02. The molecule has 1 amide bonds. The lowest BCUT2D eigenvalue weighted by Gasteiger charge is -2.01. The average molecular weight is 396 g/mol. The first-order valence-corrected chi connectivity index (χ1v) is 8.64. The summed E-state index contributed by atoms with van der Waals surface area (Å²) in [7, 11) is 1.78. The number of rotatable bonds is 2. The summed E-state index contributed by atoms with van der Waals surface area (Å²) in [6, 6.07) is 7.36. The van der Waals surface area contributed by atoms with Crippen molar-refractivity contribution in [3.8, 4) is 0 Å². The Bertz CT molecular complexity index is 1100. The first-order valence-electron chi connectivity index (χ1n) is 7.07. The number of fused-ring (bicyclic) bond motifs is 1. The molecule has 0 saturated carbocycles. The quantitative estimate of drug-likeness (QED) is 0.473. The number of aromatic nitrogens is 1. The van der Waals surface area contributed by atoms with Gasteiger partial charge in [0, 0.05) is 19.2 Å². The van der Waals surface area contributed by atoms with Crippen molar-refractivity contribution in [2.45, 2.75) is 6.92 Å². The van der Waals surface area contributed by atoms with Crippen molar-refractivity contribution >= 4 is 56.3 Å². The first kappa shape index (κ1) is 17.6. The summed E-state index contributed by atoms with van der Waals surface area (Å²) in [5.41, 5.74) is 1.65. The smallest absolute Gasteiger partial charge is 0.281 e. The predicted molar refractivity (Wildman–Crippen MR) is 98.5 cm³/mol. The number of hydrogen-bond donors (Lipinski definition) is 0. The Morgan fingerprint density at radius 2 is 1.92 bits per heavy atom. The van der Waals surface area contributed by atoms with Crippen LogP contribution in [0.4, 0.5) is 5.69 Å². The Morgan fingerprint density at radius 3 is 2.56 bits per heavy atom. The molecule has 128 valence electrons. The minimum absolute atomic E-state index is 0.0175. The van der Waals surface area contributed by atoms with E-state index in [-0.39, 0.29) is 16.3 Å². The maximum absolute atomic E-state index is 12.5. The second-order valence-electron chi connectivity index (χ2n) is 5.32. The SMILES string of the molecule is Cc1ccc(Cl)c2sc(=NC(=O)c3cc([N+](=O)[O-])ccc3Cl)n(C)c12. The third kappa shape index (κ3) is 3.18. The number of thiazole rings is 1. The van der Waals surface area contributed by atoms with Crippen LogP contribution in [0.2, 0.25) is 10.0 Å². The molecule has 9 heteroatoms.